The molecule has 0 N–H and O–H groups in total. The molecular weight excluding hydrogens is 192 g/mol. The zero-order chi connectivity index (χ0) is 7.56. The van der Waals surface area contributed by atoms with Crippen LogP contribution in [0.3, 0.4) is 0 Å². The van der Waals surface area contributed by atoms with Gasteiger partial charge in [0.05, 0.1) is 7.11 Å². The fourth-order valence-electron chi connectivity index (χ4n) is 0.655. The number of hydrogen-bond acceptors (Lipinski definition) is 1. The molecule has 1 aromatic carbocycles. The average Bonchev–Trinajstić information content (AvgIpc) is 1.95. The molecule has 2 heteroatoms. The van der Waals surface area contributed by atoms with Crippen LogP contribution in [0, 0.1) is 6.92 Å². The number of halogens is 1. The van der Waals surface area contributed by atoms with Crippen molar-refractivity contribution in [2.45, 2.75) is 0 Å². The lowest BCUT2D eigenvalue weighted by atomic mass is 10.2. The van der Waals surface area contributed by atoms with Gasteiger partial charge < -0.3 is 4.74 Å². The van der Waals surface area contributed by atoms with E-state index in [4.69, 9.17) is 4.74 Å². The molecule has 1 rings (SSSR count). The molecule has 0 bridgehead atoms. The number of benzene rings is 1. The Morgan fingerprint density at radius 3 is 2.70 bits per heavy atom. The molecule has 1 aromatic rings. The van der Waals surface area contributed by atoms with Crippen LogP contribution >= 0.6 is 15.9 Å². The molecule has 0 aliphatic carbocycles. The van der Waals surface area contributed by atoms with Crippen molar-refractivity contribution in [1.29, 1.82) is 0 Å². The Kier molecular flexibility index (Phi) is 2.33. The highest BCUT2D eigenvalue weighted by molar-refractivity contribution is 9.10. The molecule has 0 aliphatic heterocycles. The minimum absolute atomic E-state index is 0.847. The zero-order valence-corrected chi connectivity index (χ0v) is 7.31. The smallest absolute Gasteiger partial charge is 0.120 e. The maximum atomic E-state index is 4.99. The summed E-state index contributed by atoms with van der Waals surface area (Å²) < 4.78 is 5.97. The van der Waals surface area contributed by atoms with Gasteiger partial charge in [0.15, 0.2) is 0 Å². The van der Waals surface area contributed by atoms with E-state index in [0.29, 0.717) is 0 Å². The second-order valence-corrected chi connectivity index (χ2v) is 2.81. The van der Waals surface area contributed by atoms with Crippen molar-refractivity contribution in [3.8, 4) is 5.75 Å². The number of methoxy groups -OCH3 is 1. The number of hydrogen-bond donors (Lipinski definition) is 0. The minimum Gasteiger partial charge on any atom is -0.497 e. The fraction of sp³-hybridized carbons (Fsp3) is 0.125. The van der Waals surface area contributed by atoms with Crippen LogP contribution in [0.5, 0.6) is 5.75 Å². The van der Waals surface area contributed by atoms with Crippen molar-refractivity contribution in [2.75, 3.05) is 7.11 Å². The molecule has 0 aliphatic rings. The maximum absolute atomic E-state index is 4.99. The monoisotopic (exact) mass is 199 g/mol. The lowest BCUT2D eigenvalue weighted by Crippen LogP contribution is -1.82. The standard InChI is InChI=1S/C8H8BrO/c1-6-3-4-7(10-2)5-8(6)9/h3-5H,1H2,2H3. The molecule has 10 heavy (non-hydrogen) atoms. The summed E-state index contributed by atoms with van der Waals surface area (Å²) in [5, 5.41) is 0. The quantitative estimate of drug-likeness (QED) is 0.677. The number of rotatable bonds is 1. The average molecular weight is 200 g/mol. The molecule has 1 radical (unpaired) electrons. The molecule has 0 aromatic heterocycles. The topological polar surface area (TPSA) is 9.23 Å². The fourth-order valence-corrected chi connectivity index (χ4v) is 1.01. The van der Waals surface area contributed by atoms with Gasteiger partial charge in [0, 0.05) is 4.47 Å². The van der Waals surface area contributed by atoms with Gasteiger partial charge in [-0.1, -0.05) is 22.0 Å². The molecule has 0 heterocycles. The first kappa shape index (κ1) is 7.61. The Morgan fingerprint density at radius 1 is 1.50 bits per heavy atom. The Bertz CT molecular complexity index is 233. The molecule has 0 unspecified atom stereocenters. The molecule has 1 nitrogen and oxygen atoms in total. The van der Waals surface area contributed by atoms with Gasteiger partial charge in [-0.2, -0.15) is 0 Å². The molecule has 53 valence electrons. The van der Waals surface area contributed by atoms with Crippen molar-refractivity contribution < 1.29 is 4.74 Å². The summed E-state index contributed by atoms with van der Waals surface area (Å²) >= 11 is 3.34. The van der Waals surface area contributed by atoms with Gasteiger partial charge in [-0.3, -0.25) is 0 Å². The Hall–Kier alpha value is -0.500. The van der Waals surface area contributed by atoms with Crippen LogP contribution in [-0.2, 0) is 0 Å². The van der Waals surface area contributed by atoms with Crippen molar-refractivity contribution in [3.05, 3.63) is 35.2 Å². The van der Waals surface area contributed by atoms with E-state index < -0.39 is 0 Å². The van der Waals surface area contributed by atoms with Gasteiger partial charge >= 0.3 is 0 Å². The van der Waals surface area contributed by atoms with E-state index in [9.17, 15) is 0 Å². The van der Waals surface area contributed by atoms with Crippen molar-refractivity contribution in [2.24, 2.45) is 0 Å². The SMILES string of the molecule is [CH2]c1ccc(OC)cc1Br. The zero-order valence-electron chi connectivity index (χ0n) is 5.73. The maximum Gasteiger partial charge on any atom is 0.120 e. The summed E-state index contributed by atoms with van der Waals surface area (Å²) in [7, 11) is 1.64. The van der Waals surface area contributed by atoms with E-state index in [0.717, 1.165) is 15.8 Å². The largest absolute Gasteiger partial charge is 0.497 e. The molecular formula is C8H8BrO. The lowest BCUT2D eigenvalue weighted by molar-refractivity contribution is 0.414. The minimum atomic E-state index is 0.847. The van der Waals surface area contributed by atoms with Gasteiger partial charge in [0.25, 0.3) is 0 Å². The predicted molar refractivity (Wildman–Crippen MR) is 45.2 cm³/mol. The first-order valence-corrected chi connectivity index (χ1v) is 3.69. The molecule has 0 amide bonds. The van der Waals surface area contributed by atoms with E-state index in [1.54, 1.807) is 7.11 Å². The van der Waals surface area contributed by atoms with E-state index in [1.807, 2.05) is 18.2 Å². The summed E-state index contributed by atoms with van der Waals surface area (Å²) in [5.41, 5.74) is 0.973. The second-order valence-electron chi connectivity index (χ2n) is 1.96. The normalized spacial score (nSPS) is 9.50. The van der Waals surface area contributed by atoms with E-state index in [2.05, 4.69) is 22.9 Å². The Labute approximate surface area is 69.1 Å². The summed E-state index contributed by atoms with van der Waals surface area (Å²) in [6, 6.07) is 5.68. The van der Waals surface area contributed by atoms with Gasteiger partial charge in [-0.25, -0.2) is 0 Å². The molecule has 0 atom stereocenters. The van der Waals surface area contributed by atoms with Crippen LogP contribution in [0.1, 0.15) is 5.56 Å². The van der Waals surface area contributed by atoms with Crippen molar-refractivity contribution >= 4 is 15.9 Å². The van der Waals surface area contributed by atoms with Crippen molar-refractivity contribution in [1.82, 2.24) is 0 Å². The highest BCUT2D eigenvalue weighted by Crippen LogP contribution is 2.21. The van der Waals surface area contributed by atoms with Crippen LogP contribution in [0.15, 0.2) is 22.7 Å². The second kappa shape index (κ2) is 3.06. The molecule has 0 spiro atoms. The summed E-state index contributed by atoms with van der Waals surface area (Å²) in [6.45, 7) is 3.79. The van der Waals surface area contributed by atoms with E-state index in [1.165, 1.54) is 0 Å². The first-order chi connectivity index (χ1) is 4.74. The van der Waals surface area contributed by atoms with Crippen LogP contribution in [0.2, 0.25) is 0 Å². The van der Waals surface area contributed by atoms with Crippen LogP contribution < -0.4 is 4.74 Å². The predicted octanol–water partition coefficient (Wildman–Crippen LogP) is 2.64. The summed E-state index contributed by atoms with van der Waals surface area (Å²) in [4.78, 5) is 0. The Balaban J connectivity index is 3.04. The lowest BCUT2D eigenvalue weighted by Gasteiger charge is -2.00. The van der Waals surface area contributed by atoms with Crippen molar-refractivity contribution in [3.63, 3.8) is 0 Å². The third-order valence-corrected chi connectivity index (χ3v) is 2.00. The van der Waals surface area contributed by atoms with Crippen LogP contribution in [-0.4, -0.2) is 7.11 Å². The number of ether oxygens (including phenoxy) is 1. The van der Waals surface area contributed by atoms with Gasteiger partial charge in [-0.15, -0.1) is 0 Å². The Morgan fingerprint density at radius 2 is 2.20 bits per heavy atom. The highest BCUT2D eigenvalue weighted by Gasteiger charge is 1.94. The van der Waals surface area contributed by atoms with E-state index >= 15 is 0 Å². The first-order valence-electron chi connectivity index (χ1n) is 2.89. The van der Waals surface area contributed by atoms with Gasteiger partial charge in [0.1, 0.15) is 5.75 Å². The third kappa shape index (κ3) is 1.51. The van der Waals surface area contributed by atoms with Gasteiger partial charge in [0.2, 0.25) is 0 Å². The molecule has 0 fully saturated rings. The van der Waals surface area contributed by atoms with Gasteiger partial charge in [-0.05, 0) is 24.6 Å². The van der Waals surface area contributed by atoms with Crippen LogP contribution in [0.25, 0.3) is 0 Å². The summed E-state index contributed by atoms with van der Waals surface area (Å²) in [6.07, 6.45) is 0. The van der Waals surface area contributed by atoms with E-state index in [-0.39, 0.29) is 0 Å². The highest BCUT2D eigenvalue weighted by atomic mass is 79.9. The molecule has 0 saturated heterocycles. The molecule has 0 saturated carbocycles. The van der Waals surface area contributed by atoms with Crippen LogP contribution in [0.4, 0.5) is 0 Å². The third-order valence-electron chi connectivity index (χ3n) is 1.26. The summed E-state index contributed by atoms with van der Waals surface area (Å²) in [5.74, 6) is 0.847.